The first-order valence-electron chi connectivity index (χ1n) is 12.7. The van der Waals surface area contributed by atoms with Crippen molar-refractivity contribution in [2.45, 2.75) is 19.4 Å². The normalized spacial score (nSPS) is 14.9. The van der Waals surface area contributed by atoms with E-state index >= 15 is 0 Å². The summed E-state index contributed by atoms with van der Waals surface area (Å²) in [6.45, 7) is 4.37. The van der Waals surface area contributed by atoms with Crippen molar-refractivity contribution in [1.82, 2.24) is 4.98 Å². The smallest absolute Gasteiger partial charge is 0.117 e. The Balaban J connectivity index is 1.56. The van der Waals surface area contributed by atoms with Crippen molar-refractivity contribution in [3.8, 4) is 22.4 Å². The van der Waals surface area contributed by atoms with E-state index in [1.807, 2.05) is 0 Å². The van der Waals surface area contributed by atoms with E-state index in [1.165, 1.54) is 49.0 Å². The van der Waals surface area contributed by atoms with Gasteiger partial charge in [0.15, 0.2) is 0 Å². The zero-order valence-electron chi connectivity index (χ0n) is 20.9. The van der Waals surface area contributed by atoms with Gasteiger partial charge in [-0.05, 0) is 69.4 Å². The molecule has 6 aromatic rings. The molecular formula is C34H26N2S. The Labute approximate surface area is 221 Å². The summed E-state index contributed by atoms with van der Waals surface area (Å²) in [5, 5.41) is 8.48. The SMILES string of the molecule is CC1(C)CSC(c2cccc(-c3c4ccccc4c(-c4cccc5ccccc45)c4ccccc34)n2)=N1. The second-order valence-electron chi connectivity index (χ2n) is 10.3. The third-order valence-electron chi connectivity index (χ3n) is 7.18. The second-order valence-corrected chi connectivity index (χ2v) is 11.3. The summed E-state index contributed by atoms with van der Waals surface area (Å²) in [6, 6.07) is 39.2. The first-order chi connectivity index (χ1) is 18.1. The monoisotopic (exact) mass is 494 g/mol. The third-order valence-corrected chi connectivity index (χ3v) is 8.61. The van der Waals surface area contributed by atoms with Crippen LogP contribution < -0.4 is 0 Å². The summed E-state index contributed by atoms with van der Waals surface area (Å²) in [6.07, 6.45) is 0. The highest BCUT2D eigenvalue weighted by molar-refractivity contribution is 8.14. The second kappa shape index (κ2) is 8.57. The number of hydrogen-bond donors (Lipinski definition) is 0. The summed E-state index contributed by atoms with van der Waals surface area (Å²) in [5.41, 5.74) is 5.62. The fourth-order valence-corrected chi connectivity index (χ4v) is 6.67. The van der Waals surface area contributed by atoms with Crippen LogP contribution in [-0.2, 0) is 0 Å². The quantitative estimate of drug-likeness (QED) is 0.229. The lowest BCUT2D eigenvalue weighted by Crippen LogP contribution is -2.15. The van der Waals surface area contributed by atoms with Crippen molar-refractivity contribution >= 4 is 49.1 Å². The van der Waals surface area contributed by atoms with E-state index in [9.17, 15) is 0 Å². The molecule has 0 N–H and O–H groups in total. The predicted octanol–water partition coefficient (Wildman–Crippen LogP) is 9.15. The number of thioether (sulfide) groups is 1. The van der Waals surface area contributed by atoms with Crippen LogP contribution in [0.2, 0.25) is 0 Å². The minimum Gasteiger partial charge on any atom is -0.269 e. The number of hydrogen-bond acceptors (Lipinski definition) is 3. The van der Waals surface area contributed by atoms with Gasteiger partial charge < -0.3 is 0 Å². The van der Waals surface area contributed by atoms with E-state index < -0.39 is 0 Å². The highest BCUT2D eigenvalue weighted by atomic mass is 32.2. The molecule has 1 aliphatic heterocycles. The van der Waals surface area contributed by atoms with Gasteiger partial charge in [-0.25, -0.2) is 4.98 Å². The van der Waals surface area contributed by atoms with Crippen LogP contribution in [0.3, 0.4) is 0 Å². The lowest BCUT2D eigenvalue weighted by molar-refractivity contribution is 0.605. The van der Waals surface area contributed by atoms with Gasteiger partial charge in [0.25, 0.3) is 0 Å². The molecule has 0 saturated heterocycles. The Kier molecular flexibility index (Phi) is 5.16. The van der Waals surface area contributed by atoms with Crippen LogP contribution >= 0.6 is 11.8 Å². The van der Waals surface area contributed by atoms with Crippen LogP contribution in [-0.4, -0.2) is 21.3 Å². The Morgan fingerprint density at radius 1 is 0.568 bits per heavy atom. The zero-order chi connectivity index (χ0) is 25.0. The molecule has 0 spiro atoms. The van der Waals surface area contributed by atoms with E-state index in [1.54, 1.807) is 11.8 Å². The van der Waals surface area contributed by atoms with Gasteiger partial charge in [-0.2, -0.15) is 0 Å². The number of aliphatic imine (C=N–C) groups is 1. The van der Waals surface area contributed by atoms with E-state index in [-0.39, 0.29) is 5.54 Å². The molecule has 0 unspecified atom stereocenters. The maximum absolute atomic E-state index is 5.19. The van der Waals surface area contributed by atoms with Gasteiger partial charge >= 0.3 is 0 Å². The molecule has 0 radical (unpaired) electrons. The standard InChI is InChI=1S/C34H26N2S/c1-34(2)21-37-33(36-34)30-20-10-19-29(35-30)32-27-16-7-5-14-25(27)31(26-15-6-8-17-28(26)32)24-18-9-12-22-11-3-4-13-23(22)24/h3-20H,21H2,1-2H3. The van der Waals surface area contributed by atoms with Crippen LogP contribution in [0.1, 0.15) is 19.5 Å². The average molecular weight is 495 g/mol. The van der Waals surface area contributed by atoms with Crippen LogP contribution in [0.15, 0.2) is 114 Å². The fourth-order valence-electron chi connectivity index (χ4n) is 5.55. The van der Waals surface area contributed by atoms with Crippen LogP contribution in [0.25, 0.3) is 54.7 Å². The average Bonchev–Trinajstić information content (AvgIpc) is 3.31. The van der Waals surface area contributed by atoms with Gasteiger partial charge in [0.2, 0.25) is 0 Å². The molecule has 1 aliphatic rings. The molecule has 7 rings (SSSR count). The molecule has 2 heterocycles. The number of pyridine rings is 1. The van der Waals surface area contributed by atoms with Crippen molar-refractivity contribution in [3.63, 3.8) is 0 Å². The minimum atomic E-state index is -0.0445. The maximum atomic E-state index is 5.19. The summed E-state index contributed by atoms with van der Waals surface area (Å²) in [4.78, 5) is 10.1. The van der Waals surface area contributed by atoms with E-state index in [0.29, 0.717) is 0 Å². The minimum absolute atomic E-state index is 0.0445. The molecule has 5 aromatic carbocycles. The summed E-state index contributed by atoms with van der Waals surface area (Å²) in [7, 11) is 0. The molecule has 0 bridgehead atoms. The Bertz CT molecular complexity index is 1800. The molecule has 37 heavy (non-hydrogen) atoms. The fraction of sp³-hybridized carbons (Fsp3) is 0.118. The highest BCUT2D eigenvalue weighted by Gasteiger charge is 2.27. The van der Waals surface area contributed by atoms with Gasteiger partial charge in [-0.1, -0.05) is 97.1 Å². The molecule has 3 heteroatoms. The van der Waals surface area contributed by atoms with Crippen molar-refractivity contribution in [2.75, 3.05) is 5.75 Å². The Morgan fingerprint density at radius 2 is 1.11 bits per heavy atom. The van der Waals surface area contributed by atoms with E-state index in [2.05, 4.69) is 123 Å². The zero-order valence-corrected chi connectivity index (χ0v) is 21.7. The molecule has 0 saturated carbocycles. The van der Waals surface area contributed by atoms with Crippen molar-refractivity contribution in [1.29, 1.82) is 0 Å². The van der Waals surface area contributed by atoms with Crippen LogP contribution in [0.5, 0.6) is 0 Å². The van der Waals surface area contributed by atoms with Crippen LogP contribution in [0.4, 0.5) is 0 Å². The molecule has 178 valence electrons. The highest BCUT2D eigenvalue weighted by Crippen LogP contribution is 2.45. The molecule has 0 atom stereocenters. The molecule has 0 fully saturated rings. The van der Waals surface area contributed by atoms with Gasteiger partial charge in [0, 0.05) is 11.3 Å². The third kappa shape index (κ3) is 3.73. The summed E-state index contributed by atoms with van der Waals surface area (Å²) >= 11 is 1.80. The van der Waals surface area contributed by atoms with E-state index in [0.717, 1.165) is 22.2 Å². The Hall–Kier alpha value is -3.95. The molecule has 0 amide bonds. The number of fused-ring (bicyclic) bond motifs is 3. The largest absolute Gasteiger partial charge is 0.269 e. The maximum Gasteiger partial charge on any atom is 0.117 e. The van der Waals surface area contributed by atoms with Crippen molar-refractivity contribution < 1.29 is 0 Å². The summed E-state index contributed by atoms with van der Waals surface area (Å²) in [5.74, 6) is 0.986. The topological polar surface area (TPSA) is 25.2 Å². The van der Waals surface area contributed by atoms with Gasteiger partial charge in [-0.3, -0.25) is 4.99 Å². The molecule has 1 aromatic heterocycles. The number of rotatable bonds is 3. The van der Waals surface area contributed by atoms with Crippen LogP contribution in [0, 0.1) is 0 Å². The Morgan fingerprint density at radius 3 is 1.76 bits per heavy atom. The lowest BCUT2D eigenvalue weighted by Gasteiger charge is -2.18. The van der Waals surface area contributed by atoms with Gasteiger partial charge in [0.1, 0.15) is 5.04 Å². The lowest BCUT2D eigenvalue weighted by atomic mass is 9.86. The van der Waals surface area contributed by atoms with Crippen molar-refractivity contribution in [3.05, 3.63) is 115 Å². The molecule has 0 aliphatic carbocycles. The number of benzene rings is 5. The predicted molar refractivity (Wildman–Crippen MR) is 161 cm³/mol. The van der Waals surface area contributed by atoms with Crippen molar-refractivity contribution in [2.24, 2.45) is 4.99 Å². The van der Waals surface area contributed by atoms with Gasteiger partial charge in [-0.15, -0.1) is 11.8 Å². The molecular weight excluding hydrogens is 468 g/mol. The first kappa shape index (κ1) is 22.3. The number of nitrogens with zero attached hydrogens (tertiary/aromatic N) is 2. The van der Waals surface area contributed by atoms with E-state index in [4.69, 9.17) is 9.98 Å². The first-order valence-corrected chi connectivity index (χ1v) is 13.7. The molecule has 2 nitrogen and oxygen atoms in total. The summed E-state index contributed by atoms with van der Waals surface area (Å²) < 4.78 is 0. The van der Waals surface area contributed by atoms with Gasteiger partial charge in [0.05, 0.1) is 16.9 Å². The number of aromatic nitrogens is 1.